The van der Waals surface area contributed by atoms with E-state index < -0.39 is 0 Å². The fourth-order valence-corrected chi connectivity index (χ4v) is 2.66. The molecule has 0 radical (unpaired) electrons. The highest BCUT2D eigenvalue weighted by Gasteiger charge is 2.15. The highest BCUT2D eigenvalue weighted by atomic mass is 19.1. The van der Waals surface area contributed by atoms with Gasteiger partial charge in [0.25, 0.3) is 0 Å². The van der Waals surface area contributed by atoms with Gasteiger partial charge >= 0.3 is 0 Å². The first-order valence-electron chi connectivity index (χ1n) is 6.88. The number of benzene rings is 1. The Bertz CT molecular complexity index is 392. The van der Waals surface area contributed by atoms with E-state index in [4.69, 9.17) is 5.73 Å². The van der Waals surface area contributed by atoms with Gasteiger partial charge in [-0.1, -0.05) is 13.0 Å². The molecule has 0 saturated carbocycles. The molecule has 0 aliphatic carbocycles. The molecule has 1 unspecified atom stereocenters. The maximum Gasteiger partial charge on any atom is 0.123 e. The van der Waals surface area contributed by atoms with Crippen molar-refractivity contribution >= 4 is 0 Å². The predicted octanol–water partition coefficient (Wildman–Crippen LogP) is 2.91. The molecular formula is C15H23FN2. The zero-order valence-electron chi connectivity index (χ0n) is 11.2. The van der Waals surface area contributed by atoms with Crippen LogP contribution in [0.25, 0.3) is 0 Å². The van der Waals surface area contributed by atoms with Crippen LogP contribution >= 0.6 is 0 Å². The summed E-state index contributed by atoms with van der Waals surface area (Å²) in [5, 5.41) is 0. The summed E-state index contributed by atoms with van der Waals surface area (Å²) in [7, 11) is 0. The second-order valence-corrected chi connectivity index (χ2v) is 5.43. The van der Waals surface area contributed by atoms with Crippen LogP contribution in [0.15, 0.2) is 18.2 Å². The molecular weight excluding hydrogens is 227 g/mol. The Morgan fingerprint density at radius 1 is 1.28 bits per heavy atom. The number of rotatable bonds is 3. The number of nitrogens with two attached hydrogens (primary N) is 1. The van der Waals surface area contributed by atoms with Crippen LogP contribution < -0.4 is 5.73 Å². The molecule has 0 spiro atoms. The Hall–Kier alpha value is -0.930. The molecule has 2 nitrogen and oxygen atoms in total. The molecule has 1 aromatic rings. The van der Waals surface area contributed by atoms with E-state index in [1.165, 1.54) is 30.9 Å². The first-order valence-corrected chi connectivity index (χ1v) is 6.88. The Balaban J connectivity index is 2.04. The Labute approximate surface area is 109 Å². The fraction of sp³-hybridized carbons (Fsp3) is 0.600. The molecule has 3 heteroatoms. The number of likely N-dealkylation sites (tertiary alicyclic amines) is 1. The molecule has 1 fully saturated rings. The van der Waals surface area contributed by atoms with Crippen molar-refractivity contribution in [3.05, 3.63) is 35.1 Å². The van der Waals surface area contributed by atoms with Crippen LogP contribution in [0.5, 0.6) is 0 Å². The van der Waals surface area contributed by atoms with E-state index in [1.807, 2.05) is 6.07 Å². The molecule has 2 rings (SSSR count). The summed E-state index contributed by atoms with van der Waals surface area (Å²) in [5.74, 6) is 0.640. The van der Waals surface area contributed by atoms with Crippen LogP contribution in [0.2, 0.25) is 0 Å². The molecule has 18 heavy (non-hydrogen) atoms. The van der Waals surface area contributed by atoms with Crippen molar-refractivity contribution in [2.24, 2.45) is 11.7 Å². The molecule has 2 N–H and O–H groups in total. The predicted molar refractivity (Wildman–Crippen MR) is 72.6 cm³/mol. The summed E-state index contributed by atoms with van der Waals surface area (Å²) in [6, 6.07) is 4.98. The first kappa shape index (κ1) is 13.5. The van der Waals surface area contributed by atoms with Gasteiger partial charge in [0, 0.05) is 13.1 Å². The normalized spacial score (nSPS) is 21.8. The second kappa shape index (κ2) is 6.30. The van der Waals surface area contributed by atoms with Crippen molar-refractivity contribution in [3.63, 3.8) is 0 Å². The van der Waals surface area contributed by atoms with E-state index in [1.54, 1.807) is 6.07 Å². The van der Waals surface area contributed by atoms with Crippen LogP contribution in [0, 0.1) is 11.7 Å². The summed E-state index contributed by atoms with van der Waals surface area (Å²) in [6.45, 7) is 5.93. The van der Waals surface area contributed by atoms with Crippen LogP contribution in [0.3, 0.4) is 0 Å². The lowest BCUT2D eigenvalue weighted by atomic mass is 10.0. The van der Waals surface area contributed by atoms with Crippen LogP contribution in [-0.4, -0.2) is 18.0 Å². The molecule has 0 bridgehead atoms. The number of halogens is 1. The highest BCUT2D eigenvalue weighted by Crippen LogP contribution is 2.20. The molecule has 1 aliphatic rings. The van der Waals surface area contributed by atoms with Gasteiger partial charge in [-0.3, -0.25) is 4.90 Å². The third-order valence-corrected chi connectivity index (χ3v) is 3.89. The smallest absolute Gasteiger partial charge is 0.123 e. The van der Waals surface area contributed by atoms with Gasteiger partial charge in [-0.05, 0) is 61.5 Å². The molecule has 1 atom stereocenters. The van der Waals surface area contributed by atoms with Crippen LogP contribution in [0.4, 0.5) is 4.39 Å². The Morgan fingerprint density at radius 2 is 2.11 bits per heavy atom. The zero-order valence-corrected chi connectivity index (χ0v) is 11.2. The maximum atomic E-state index is 13.2. The lowest BCUT2D eigenvalue weighted by molar-refractivity contribution is 0.273. The molecule has 1 aliphatic heterocycles. The van der Waals surface area contributed by atoms with Crippen molar-refractivity contribution in [1.82, 2.24) is 4.90 Å². The number of hydrogen-bond acceptors (Lipinski definition) is 2. The summed E-state index contributed by atoms with van der Waals surface area (Å²) in [5.41, 5.74) is 7.80. The molecule has 100 valence electrons. The minimum atomic E-state index is -0.191. The van der Waals surface area contributed by atoms with Crippen molar-refractivity contribution in [2.75, 3.05) is 13.1 Å². The van der Waals surface area contributed by atoms with E-state index in [0.717, 1.165) is 31.1 Å². The SMILES string of the molecule is CC1CCCN(Cc2ccc(F)cc2CN)CC1. The van der Waals surface area contributed by atoms with E-state index in [0.29, 0.717) is 6.54 Å². The molecule has 0 amide bonds. The van der Waals surface area contributed by atoms with Crippen molar-refractivity contribution in [3.8, 4) is 0 Å². The van der Waals surface area contributed by atoms with Crippen molar-refractivity contribution in [2.45, 2.75) is 39.3 Å². The minimum Gasteiger partial charge on any atom is -0.326 e. The molecule has 1 saturated heterocycles. The van der Waals surface area contributed by atoms with Crippen molar-refractivity contribution in [1.29, 1.82) is 0 Å². The monoisotopic (exact) mass is 250 g/mol. The lowest BCUT2D eigenvalue weighted by Gasteiger charge is -2.21. The Kier molecular flexibility index (Phi) is 4.72. The molecule has 1 aromatic carbocycles. The second-order valence-electron chi connectivity index (χ2n) is 5.43. The van der Waals surface area contributed by atoms with E-state index in [2.05, 4.69) is 11.8 Å². The lowest BCUT2D eigenvalue weighted by Crippen LogP contribution is -2.25. The van der Waals surface area contributed by atoms with Gasteiger partial charge in [0.2, 0.25) is 0 Å². The summed E-state index contributed by atoms with van der Waals surface area (Å²) >= 11 is 0. The van der Waals surface area contributed by atoms with E-state index >= 15 is 0 Å². The van der Waals surface area contributed by atoms with Crippen LogP contribution in [-0.2, 0) is 13.1 Å². The van der Waals surface area contributed by atoms with Gasteiger partial charge in [0.1, 0.15) is 5.82 Å². The quantitative estimate of drug-likeness (QED) is 0.893. The summed E-state index contributed by atoms with van der Waals surface area (Å²) in [6.07, 6.45) is 3.85. The highest BCUT2D eigenvalue weighted by molar-refractivity contribution is 5.27. The average molecular weight is 250 g/mol. The standard InChI is InChI=1S/C15H23FN2/c1-12-3-2-7-18(8-6-12)11-13-4-5-15(16)9-14(13)10-17/h4-5,9,12H,2-3,6-8,10-11,17H2,1H3. The molecule has 0 aromatic heterocycles. The van der Waals surface area contributed by atoms with E-state index in [-0.39, 0.29) is 5.82 Å². The van der Waals surface area contributed by atoms with Gasteiger partial charge in [-0.25, -0.2) is 4.39 Å². The Morgan fingerprint density at radius 3 is 2.89 bits per heavy atom. The third kappa shape index (κ3) is 3.53. The van der Waals surface area contributed by atoms with Crippen LogP contribution in [0.1, 0.15) is 37.3 Å². The molecule has 1 heterocycles. The summed E-state index contributed by atoms with van der Waals surface area (Å²) in [4.78, 5) is 2.47. The third-order valence-electron chi connectivity index (χ3n) is 3.89. The van der Waals surface area contributed by atoms with Crippen molar-refractivity contribution < 1.29 is 4.39 Å². The minimum absolute atomic E-state index is 0.191. The van der Waals surface area contributed by atoms with Gasteiger partial charge in [-0.2, -0.15) is 0 Å². The van der Waals surface area contributed by atoms with Gasteiger partial charge in [-0.15, -0.1) is 0 Å². The van der Waals surface area contributed by atoms with Gasteiger partial charge in [0.05, 0.1) is 0 Å². The average Bonchev–Trinajstić information content (AvgIpc) is 2.56. The zero-order chi connectivity index (χ0) is 13.0. The van der Waals surface area contributed by atoms with E-state index in [9.17, 15) is 4.39 Å². The topological polar surface area (TPSA) is 29.3 Å². The number of nitrogens with zero attached hydrogens (tertiary/aromatic N) is 1. The summed E-state index contributed by atoms with van der Waals surface area (Å²) < 4.78 is 13.2. The maximum absolute atomic E-state index is 13.2. The largest absolute Gasteiger partial charge is 0.326 e. The number of hydrogen-bond donors (Lipinski definition) is 1. The fourth-order valence-electron chi connectivity index (χ4n) is 2.66. The van der Waals surface area contributed by atoms with Gasteiger partial charge < -0.3 is 5.73 Å². The first-order chi connectivity index (χ1) is 8.69. The van der Waals surface area contributed by atoms with Gasteiger partial charge in [0.15, 0.2) is 0 Å².